The van der Waals surface area contributed by atoms with Gasteiger partial charge in [0.25, 0.3) is 0 Å². The third kappa shape index (κ3) is 5.66. The van der Waals surface area contributed by atoms with E-state index in [1.54, 1.807) is 11.3 Å². The maximum absolute atomic E-state index is 12.0. The van der Waals surface area contributed by atoms with E-state index in [9.17, 15) is 9.59 Å². The number of aromatic nitrogens is 1. The van der Waals surface area contributed by atoms with Crippen LogP contribution in [0.2, 0.25) is 0 Å². The maximum atomic E-state index is 12.0. The molecule has 26 heavy (non-hydrogen) atoms. The first-order valence-electron chi connectivity index (χ1n) is 9.26. The summed E-state index contributed by atoms with van der Waals surface area (Å²) >= 11 is 1.59. The zero-order valence-electron chi connectivity index (χ0n) is 14.9. The number of aryl methyl sites for hydroxylation is 1. The highest BCUT2D eigenvalue weighted by Crippen LogP contribution is 2.23. The summed E-state index contributed by atoms with van der Waals surface area (Å²) in [5.41, 5.74) is 2.00. The molecule has 1 aliphatic carbocycles. The van der Waals surface area contributed by atoms with Crippen molar-refractivity contribution < 1.29 is 9.59 Å². The fourth-order valence-corrected chi connectivity index (χ4v) is 4.03. The SMILES string of the molecule is O=C(CCc1csc(-c2ccccc2)n1)NCC(=O)NC1CCCCC1. The molecule has 6 heteroatoms. The van der Waals surface area contributed by atoms with Gasteiger partial charge in [0, 0.05) is 23.4 Å². The van der Waals surface area contributed by atoms with E-state index in [1.165, 1.54) is 19.3 Å². The molecule has 1 aromatic carbocycles. The van der Waals surface area contributed by atoms with Gasteiger partial charge in [0.05, 0.1) is 12.2 Å². The van der Waals surface area contributed by atoms with Crippen molar-refractivity contribution in [2.45, 2.75) is 51.0 Å². The summed E-state index contributed by atoms with van der Waals surface area (Å²) in [5.74, 6) is -0.205. The molecule has 0 bridgehead atoms. The van der Waals surface area contributed by atoms with Gasteiger partial charge in [-0.3, -0.25) is 9.59 Å². The van der Waals surface area contributed by atoms with Crippen LogP contribution in [0.5, 0.6) is 0 Å². The summed E-state index contributed by atoms with van der Waals surface area (Å²) in [6, 6.07) is 10.3. The average Bonchev–Trinajstić information content (AvgIpc) is 3.15. The molecule has 2 N–H and O–H groups in total. The Balaban J connectivity index is 1.37. The summed E-state index contributed by atoms with van der Waals surface area (Å²) in [7, 11) is 0. The Morgan fingerprint density at radius 3 is 2.62 bits per heavy atom. The molecule has 2 amide bonds. The van der Waals surface area contributed by atoms with E-state index in [4.69, 9.17) is 0 Å². The first kappa shape index (κ1) is 18.6. The molecule has 0 unspecified atom stereocenters. The predicted molar refractivity (Wildman–Crippen MR) is 104 cm³/mol. The number of hydrogen-bond donors (Lipinski definition) is 2. The standard InChI is InChI=1S/C20H25N3O2S/c24-18(21-13-19(25)22-16-9-5-2-6-10-16)12-11-17-14-26-20(23-17)15-7-3-1-4-8-15/h1,3-4,7-8,14,16H,2,5-6,9-13H2,(H,21,24)(H,22,25). The van der Waals surface area contributed by atoms with Crippen molar-refractivity contribution in [2.24, 2.45) is 0 Å². The number of carbonyl (C=O) groups excluding carboxylic acids is 2. The number of nitrogens with zero attached hydrogens (tertiary/aromatic N) is 1. The molecular weight excluding hydrogens is 346 g/mol. The van der Waals surface area contributed by atoms with E-state index in [2.05, 4.69) is 15.6 Å². The fraction of sp³-hybridized carbons (Fsp3) is 0.450. The number of amides is 2. The van der Waals surface area contributed by atoms with Crippen LogP contribution in [0.3, 0.4) is 0 Å². The third-order valence-corrected chi connectivity index (χ3v) is 5.54. The topological polar surface area (TPSA) is 71.1 Å². The molecule has 2 aromatic rings. The Bertz CT molecular complexity index is 724. The summed E-state index contributed by atoms with van der Waals surface area (Å²) in [5, 5.41) is 8.67. The van der Waals surface area contributed by atoms with E-state index in [-0.39, 0.29) is 24.4 Å². The summed E-state index contributed by atoms with van der Waals surface area (Å²) in [6.45, 7) is 0.0572. The van der Waals surface area contributed by atoms with Gasteiger partial charge >= 0.3 is 0 Å². The van der Waals surface area contributed by atoms with Crippen molar-refractivity contribution in [1.29, 1.82) is 0 Å². The minimum absolute atomic E-state index is 0.0572. The van der Waals surface area contributed by atoms with E-state index < -0.39 is 0 Å². The van der Waals surface area contributed by atoms with Crippen molar-refractivity contribution in [1.82, 2.24) is 15.6 Å². The van der Waals surface area contributed by atoms with Crippen LogP contribution >= 0.6 is 11.3 Å². The van der Waals surface area contributed by atoms with Gasteiger partial charge in [-0.1, -0.05) is 49.6 Å². The molecule has 0 aliphatic heterocycles. The van der Waals surface area contributed by atoms with E-state index in [1.807, 2.05) is 35.7 Å². The molecule has 1 aromatic heterocycles. The molecule has 3 rings (SSSR count). The molecule has 0 spiro atoms. The molecule has 1 saturated carbocycles. The van der Waals surface area contributed by atoms with Gasteiger partial charge in [-0.15, -0.1) is 11.3 Å². The quantitative estimate of drug-likeness (QED) is 0.784. The smallest absolute Gasteiger partial charge is 0.239 e. The second-order valence-corrected chi connectivity index (χ2v) is 7.55. The zero-order chi connectivity index (χ0) is 18.2. The van der Waals surface area contributed by atoms with Crippen molar-refractivity contribution in [2.75, 3.05) is 6.54 Å². The number of nitrogens with one attached hydrogen (secondary N) is 2. The number of carbonyl (C=O) groups is 2. The lowest BCUT2D eigenvalue weighted by Gasteiger charge is -2.22. The lowest BCUT2D eigenvalue weighted by atomic mass is 9.95. The van der Waals surface area contributed by atoms with Crippen LogP contribution in [0.15, 0.2) is 35.7 Å². The summed E-state index contributed by atoms with van der Waals surface area (Å²) < 4.78 is 0. The molecule has 1 fully saturated rings. The van der Waals surface area contributed by atoms with E-state index in [0.29, 0.717) is 12.8 Å². The maximum Gasteiger partial charge on any atom is 0.239 e. The molecular formula is C20H25N3O2S. The van der Waals surface area contributed by atoms with E-state index in [0.717, 1.165) is 29.1 Å². The van der Waals surface area contributed by atoms with Crippen LogP contribution in [-0.4, -0.2) is 29.4 Å². The normalized spacial score (nSPS) is 14.8. The van der Waals surface area contributed by atoms with Gasteiger partial charge in [0.1, 0.15) is 5.01 Å². The van der Waals surface area contributed by atoms with Gasteiger partial charge in [-0.25, -0.2) is 4.98 Å². The molecule has 138 valence electrons. The summed E-state index contributed by atoms with van der Waals surface area (Å²) in [6.07, 6.45) is 6.63. The van der Waals surface area contributed by atoms with Crippen LogP contribution in [0.4, 0.5) is 0 Å². The lowest BCUT2D eigenvalue weighted by molar-refractivity contribution is -0.126. The fourth-order valence-electron chi connectivity index (χ4n) is 3.17. The van der Waals surface area contributed by atoms with Gasteiger partial charge < -0.3 is 10.6 Å². The first-order valence-corrected chi connectivity index (χ1v) is 10.1. The molecule has 1 aliphatic rings. The number of benzene rings is 1. The highest BCUT2D eigenvalue weighted by atomic mass is 32.1. The monoisotopic (exact) mass is 371 g/mol. The Kier molecular flexibility index (Phi) is 6.77. The van der Waals surface area contributed by atoms with Crippen LogP contribution < -0.4 is 10.6 Å². The molecule has 0 atom stereocenters. The second kappa shape index (κ2) is 9.48. The highest BCUT2D eigenvalue weighted by molar-refractivity contribution is 7.13. The van der Waals surface area contributed by atoms with Crippen molar-refractivity contribution in [3.8, 4) is 10.6 Å². The number of rotatable bonds is 7. The van der Waals surface area contributed by atoms with Crippen LogP contribution in [0.25, 0.3) is 10.6 Å². The zero-order valence-corrected chi connectivity index (χ0v) is 15.7. The van der Waals surface area contributed by atoms with Gasteiger partial charge in [0.2, 0.25) is 11.8 Å². The first-order chi connectivity index (χ1) is 12.7. The van der Waals surface area contributed by atoms with Crippen LogP contribution in [0, 0.1) is 0 Å². The Labute approximate surface area is 158 Å². The van der Waals surface area contributed by atoms with Gasteiger partial charge in [-0.05, 0) is 19.3 Å². The van der Waals surface area contributed by atoms with Gasteiger partial charge in [0.15, 0.2) is 0 Å². The van der Waals surface area contributed by atoms with Crippen molar-refractivity contribution >= 4 is 23.2 Å². The largest absolute Gasteiger partial charge is 0.352 e. The van der Waals surface area contributed by atoms with Crippen LogP contribution in [-0.2, 0) is 16.0 Å². The Morgan fingerprint density at radius 1 is 1.08 bits per heavy atom. The average molecular weight is 372 g/mol. The van der Waals surface area contributed by atoms with E-state index >= 15 is 0 Å². The molecule has 0 saturated heterocycles. The minimum Gasteiger partial charge on any atom is -0.352 e. The van der Waals surface area contributed by atoms with Gasteiger partial charge in [-0.2, -0.15) is 0 Å². The Morgan fingerprint density at radius 2 is 1.85 bits per heavy atom. The molecule has 1 heterocycles. The molecule has 5 nitrogen and oxygen atoms in total. The van der Waals surface area contributed by atoms with Crippen molar-refractivity contribution in [3.05, 3.63) is 41.4 Å². The Hall–Kier alpha value is -2.21. The third-order valence-electron chi connectivity index (χ3n) is 4.60. The van der Waals surface area contributed by atoms with Crippen LogP contribution in [0.1, 0.15) is 44.2 Å². The van der Waals surface area contributed by atoms with Crippen molar-refractivity contribution in [3.63, 3.8) is 0 Å². The summed E-state index contributed by atoms with van der Waals surface area (Å²) in [4.78, 5) is 28.5. The number of thiazole rings is 1. The highest BCUT2D eigenvalue weighted by Gasteiger charge is 2.16. The molecule has 0 radical (unpaired) electrons. The lowest BCUT2D eigenvalue weighted by Crippen LogP contribution is -2.42. The minimum atomic E-state index is -0.113. The number of hydrogen-bond acceptors (Lipinski definition) is 4. The second-order valence-electron chi connectivity index (χ2n) is 6.69. The predicted octanol–water partition coefficient (Wildman–Crippen LogP) is 3.31.